The summed E-state index contributed by atoms with van der Waals surface area (Å²) in [7, 11) is 0. The van der Waals surface area contributed by atoms with Gasteiger partial charge in [-0.25, -0.2) is 0 Å². The first-order valence-corrected chi connectivity index (χ1v) is 9.75. The van der Waals surface area contributed by atoms with Crippen LogP contribution in [0.5, 0.6) is 5.75 Å². The Balaban J connectivity index is 1.56. The summed E-state index contributed by atoms with van der Waals surface area (Å²) in [5, 5.41) is 3.90. The Hall–Kier alpha value is -1.65. The summed E-state index contributed by atoms with van der Waals surface area (Å²) in [4.78, 5) is 13.5. The van der Waals surface area contributed by atoms with Crippen LogP contribution >= 0.6 is 23.4 Å². The molecule has 25 heavy (non-hydrogen) atoms. The lowest BCUT2D eigenvalue weighted by atomic mass is 9.89. The summed E-state index contributed by atoms with van der Waals surface area (Å²) in [6, 6.07) is 15.6. The standard InChI is InChI=1S/C20H22ClNO2S/c1-20(2)13-17(16-5-3-4-6-18(16)24-20)22-19(23)11-12-25-15-9-7-14(21)8-10-15/h3-10,17H,11-13H2,1-2H3,(H,22,23). The van der Waals surface area contributed by atoms with Crippen molar-refractivity contribution in [2.24, 2.45) is 0 Å². The Bertz CT molecular complexity index is 746. The highest BCUT2D eigenvalue weighted by Crippen LogP contribution is 2.39. The SMILES string of the molecule is CC1(C)CC(NC(=O)CCSc2ccc(Cl)cc2)c2ccccc2O1. The van der Waals surface area contributed by atoms with E-state index in [0.717, 1.165) is 33.4 Å². The van der Waals surface area contributed by atoms with E-state index in [0.29, 0.717) is 6.42 Å². The number of thioether (sulfide) groups is 1. The molecule has 0 radical (unpaired) electrons. The summed E-state index contributed by atoms with van der Waals surface area (Å²) < 4.78 is 6.01. The third-order valence-corrected chi connectivity index (χ3v) is 5.39. The molecule has 132 valence electrons. The van der Waals surface area contributed by atoms with Gasteiger partial charge in [0.2, 0.25) is 5.91 Å². The maximum atomic E-state index is 12.4. The fourth-order valence-electron chi connectivity index (χ4n) is 2.99. The molecular weight excluding hydrogens is 354 g/mol. The molecule has 2 aromatic rings. The summed E-state index contributed by atoms with van der Waals surface area (Å²) in [6.07, 6.45) is 1.24. The molecule has 1 aliphatic rings. The number of hydrogen-bond donors (Lipinski definition) is 1. The highest BCUT2D eigenvalue weighted by molar-refractivity contribution is 7.99. The van der Waals surface area contributed by atoms with Gasteiger partial charge in [-0.2, -0.15) is 0 Å². The maximum absolute atomic E-state index is 12.4. The van der Waals surface area contributed by atoms with E-state index in [9.17, 15) is 4.79 Å². The number of carbonyl (C=O) groups excluding carboxylic acids is 1. The Labute approximate surface area is 158 Å². The molecule has 3 nitrogen and oxygen atoms in total. The minimum Gasteiger partial charge on any atom is -0.487 e. The number of benzene rings is 2. The van der Waals surface area contributed by atoms with Crippen LogP contribution in [0.3, 0.4) is 0 Å². The van der Waals surface area contributed by atoms with Crippen LogP contribution in [0.1, 0.15) is 38.3 Å². The van der Waals surface area contributed by atoms with E-state index in [-0.39, 0.29) is 17.6 Å². The number of fused-ring (bicyclic) bond motifs is 1. The zero-order chi connectivity index (χ0) is 17.9. The van der Waals surface area contributed by atoms with Crippen LogP contribution < -0.4 is 10.1 Å². The number of carbonyl (C=O) groups is 1. The topological polar surface area (TPSA) is 38.3 Å². The Kier molecular flexibility index (Phi) is 5.60. The zero-order valence-electron chi connectivity index (χ0n) is 14.4. The van der Waals surface area contributed by atoms with Crippen LogP contribution in [-0.2, 0) is 4.79 Å². The largest absolute Gasteiger partial charge is 0.487 e. The number of amides is 1. The molecule has 1 amide bonds. The van der Waals surface area contributed by atoms with Gasteiger partial charge in [-0.15, -0.1) is 11.8 Å². The number of para-hydroxylation sites is 1. The molecule has 0 saturated carbocycles. The number of hydrogen-bond acceptors (Lipinski definition) is 3. The van der Waals surface area contributed by atoms with Crippen molar-refractivity contribution in [1.82, 2.24) is 5.32 Å². The molecule has 3 rings (SSSR count). The zero-order valence-corrected chi connectivity index (χ0v) is 16.0. The van der Waals surface area contributed by atoms with Crippen LogP contribution in [0, 0.1) is 0 Å². The lowest BCUT2D eigenvalue weighted by molar-refractivity contribution is -0.121. The minimum atomic E-state index is -0.287. The molecule has 0 saturated heterocycles. The van der Waals surface area contributed by atoms with Gasteiger partial charge in [-0.3, -0.25) is 4.79 Å². The quantitative estimate of drug-likeness (QED) is 0.726. The van der Waals surface area contributed by atoms with Gasteiger partial charge in [0.15, 0.2) is 0 Å². The third kappa shape index (κ3) is 4.93. The first-order chi connectivity index (χ1) is 11.9. The van der Waals surface area contributed by atoms with Gasteiger partial charge in [0.25, 0.3) is 0 Å². The molecule has 0 aliphatic carbocycles. The maximum Gasteiger partial charge on any atom is 0.221 e. The molecule has 1 N–H and O–H groups in total. The lowest BCUT2D eigenvalue weighted by Gasteiger charge is -2.37. The molecule has 2 aromatic carbocycles. The molecule has 1 aliphatic heterocycles. The molecule has 0 spiro atoms. The van der Waals surface area contributed by atoms with Gasteiger partial charge in [0.1, 0.15) is 11.4 Å². The van der Waals surface area contributed by atoms with Crippen molar-refractivity contribution in [2.45, 2.75) is 43.2 Å². The van der Waals surface area contributed by atoms with Crippen molar-refractivity contribution < 1.29 is 9.53 Å². The second-order valence-electron chi connectivity index (χ2n) is 6.78. The van der Waals surface area contributed by atoms with Gasteiger partial charge in [-0.05, 0) is 44.2 Å². The van der Waals surface area contributed by atoms with Crippen molar-refractivity contribution in [3.63, 3.8) is 0 Å². The van der Waals surface area contributed by atoms with Gasteiger partial charge in [0, 0.05) is 34.1 Å². The number of ether oxygens (including phenoxy) is 1. The van der Waals surface area contributed by atoms with Crippen LogP contribution in [0.4, 0.5) is 0 Å². The van der Waals surface area contributed by atoms with E-state index in [1.54, 1.807) is 11.8 Å². The van der Waals surface area contributed by atoms with Crippen molar-refractivity contribution in [3.05, 3.63) is 59.1 Å². The van der Waals surface area contributed by atoms with Crippen molar-refractivity contribution in [2.75, 3.05) is 5.75 Å². The molecule has 1 atom stereocenters. The van der Waals surface area contributed by atoms with Crippen LogP contribution in [0.15, 0.2) is 53.4 Å². The van der Waals surface area contributed by atoms with E-state index in [1.807, 2.05) is 48.5 Å². The monoisotopic (exact) mass is 375 g/mol. The average Bonchev–Trinajstić information content (AvgIpc) is 2.55. The number of halogens is 1. The van der Waals surface area contributed by atoms with Crippen molar-refractivity contribution in [1.29, 1.82) is 0 Å². The Morgan fingerprint density at radius 2 is 1.96 bits per heavy atom. The van der Waals surface area contributed by atoms with Crippen molar-refractivity contribution >= 4 is 29.3 Å². The molecule has 1 unspecified atom stereocenters. The van der Waals surface area contributed by atoms with Gasteiger partial charge >= 0.3 is 0 Å². The predicted molar refractivity (Wildman–Crippen MR) is 103 cm³/mol. The van der Waals surface area contributed by atoms with Gasteiger partial charge < -0.3 is 10.1 Å². The van der Waals surface area contributed by atoms with Gasteiger partial charge in [-0.1, -0.05) is 29.8 Å². The molecular formula is C20H22ClNO2S. The van der Waals surface area contributed by atoms with E-state index in [2.05, 4.69) is 19.2 Å². The average molecular weight is 376 g/mol. The second kappa shape index (κ2) is 7.71. The van der Waals surface area contributed by atoms with E-state index < -0.39 is 0 Å². The van der Waals surface area contributed by atoms with E-state index >= 15 is 0 Å². The highest BCUT2D eigenvalue weighted by atomic mass is 35.5. The smallest absolute Gasteiger partial charge is 0.221 e. The van der Waals surface area contributed by atoms with Crippen LogP contribution in [0.25, 0.3) is 0 Å². The Morgan fingerprint density at radius 3 is 2.72 bits per heavy atom. The van der Waals surface area contributed by atoms with Gasteiger partial charge in [0.05, 0.1) is 6.04 Å². The normalized spacial score (nSPS) is 18.1. The number of nitrogens with one attached hydrogen (secondary N) is 1. The minimum absolute atomic E-state index is 0.00650. The van der Waals surface area contributed by atoms with E-state index in [4.69, 9.17) is 16.3 Å². The highest BCUT2D eigenvalue weighted by Gasteiger charge is 2.34. The summed E-state index contributed by atoms with van der Waals surface area (Å²) in [5.41, 5.74) is 0.769. The Morgan fingerprint density at radius 1 is 1.24 bits per heavy atom. The first-order valence-electron chi connectivity index (χ1n) is 8.39. The first kappa shape index (κ1) is 18.2. The predicted octanol–water partition coefficient (Wildman–Crippen LogP) is 5.24. The lowest BCUT2D eigenvalue weighted by Crippen LogP contribution is -2.41. The molecule has 0 aromatic heterocycles. The summed E-state index contributed by atoms with van der Waals surface area (Å²) in [5.74, 6) is 1.67. The fraction of sp³-hybridized carbons (Fsp3) is 0.350. The molecule has 0 fully saturated rings. The van der Waals surface area contributed by atoms with Crippen molar-refractivity contribution in [3.8, 4) is 5.75 Å². The number of rotatable bonds is 5. The molecule has 0 bridgehead atoms. The van der Waals surface area contributed by atoms with Crippen LogP contribution in [0.2, 0.25) is 5.02 Å². The molecule has 1 heterocycles. The third-order valence-electron chi connectivity index (χ3n) is 4.12. The fourth-order valence-corrected chi connectivity index (χ4v) is 3.97. The molecule has 5 heteroatoms. The summed E-state index contributed by atoms with van der Waals surface area (Å²) >= 11 is 7.55. The van der Waals surface area contributed by atoms with E-state index in [1.165, 1.54) is 0 Å². The second-order valence-corrected chi connectivity index (χ2v) is 8.38. The summed E-state index contributed by atoms with van der Waals surface area (Å²) in [6.45, 7) is 4.11. The van der Waals surface area contributed by atoms with Crippen LogP contribution in [-0.4, -0.2) is 17.3 Å².